The summed E-state index contributed by atoms with van der Waals surface area (Å²) >= 11 is 0. The van der Waals surface area contributed by atoms with Crippen molar-refractivity contribution < 1.29 is 0 Å². The van der Waals surface area contributed by atoms with E-state index >= 15 is 0 Å². The van der Waals surface area contributed by atoms with Gasteiger partial charge in [0.15, 0.2) is 0 Å². The van der Waals surface area contributed by atoms with E-state index in [2.05, 4.69) is 30.6 Å². The molecule has 0 saturated carbocycles. The van der Waals surface area contributed by atoms with Crippen LogP contribution in [0.4, 0.5) is 0 Å². The normalized spacial score (nSPS) is 11.3. The van der Waals surface area contributed by atoms with E-state index in [-0.39, 0.29) is 0 Å². The molecule has 3 aromatic rings. The summed E-state index contributed by atoms with van der Waals surface area (Å²) in [5.41, 5.74) is 2.13. The van der Waals surface area contributed by atoms with Crippen molar-refractivity contribution >= 4 is 16.7 Å². The van der Waals surface area contributed by atoms with Crippen LogP contribution in [0.5, 0.6) is 0 Å². The molecule has 0 unspecified atom stereocenters. The van der Waals surface area contributed by atoms with Gasteiger partial charge in [-0.1, -0.05) is 0 Å². The van der Waals surface area contributed by atoms with Gasteiger partial charge in [0, 0.05) is 0 Å². The molecule has 3 aromatic heterocycles. The summed E-state index contributed by atoms with van der Waals surface area (Å²) < 4.78 is 1.34. The number of nitrogens with one attached hydrogen (secondary N) is 1. The molecule has 12 heavy (non-hydrogen) atoms. The van der Waals surface area contributed by atoms with E-state index in [1.807, 2.05) is 0 Å². The van der Waals surface area contributed by atoms with E-state index in [1.54, 1.807) is 12.5 Å². The Morgan fingerprint density at radius 3 is 3.42 bits per heavy atom. The van der Waals surface area contributed by atoms with E-state index in [9.17, 15) is 0 Å². The van der Waals surface area contributed by atoms with Crippen LogP contribution in [0.1, 0.15) is 0 Å². The summed E-state index contributed by atoms with van der Waals surface area (Å²) in [6, 6.07) is 0. The molecule has 0 amide bonds. The molecule has 0 bridgehead atoms. The first-order chi connectivity index (χ1) is 5.95. The van der Waals surface area contributed by atoms with Crippen LogP contribution in [-0.4, -0.2) is 35.2 Å². The van der Waals surface area contributed by atoms with Gasteiger partial charge >= 0.3 is 0 Å². The zero-order valence-electron chi connectivity index (χ0n) is 5.84. The first-order valence-electron chi connectivity index (χ1n) is 3.31. The molecule has 3 rings (SSSR count). The summed E-state index contributed by atoms with van der Waals surface area (Å²) in [5, 5.41) is 14.8. The first-order valence-corrected chi connectivity index (χ1v) is 3.31. The van der Waals surface area contributed by atoms with Gasteiger partial charge in [-0.05, 0) is 10.4 Å². The van der Waals surface area contributed by atoms with E-state index < -0.39 is 0 Å². The molecule has 0 atom stereocenters. The minimum atomic E-state index is 0.564. The monoisotopic (exact) mass is 161 g/mol. The van der Waals surface area contributed by atoms with Gasteiger partial charge in [-0.3, -0.25) is 0 Å². The third-order valence-electron chi connectivity index (χ3n) is 1.63. The SMILES string of the molecule is c1nc2c(cnn3nnnc23)[nH]1. The molecular formula is C5H3N7. The highest BCUT2D eigenvalue weighted by Crippen LogP contribution is 2.09. The van der Waals surface area contributed by atoms with Crippen molar-refractivity contribution in [2.45, 2.75) is 0 Å². The lowest BCUT2D eigenvalue weighted by Crippen LogP contribution is -1.93. The number of rotatable bonds is 0. The van der Waals surface area contributed by atoms with Crippen LogP contribution in [0.25, 0.3) is 16.7 Å². The zero-order valence-corrected chi connectivity index (χ0v) is 5.84. The second kappa shape index (κ2) is 1.76. The number of nitrogens with zero attached hydrogens (tertiary/aromatic N) is 6. The number of aromatic amines is 1. The van der Waals surface area contributed by atoms with Crippen molar-refractivity contribution in [3.8, 4) is 0 Å². The lowest BCUT2D eigenvalue weighted by molar-refractivity contribution is 0.735. The van der Waals surface area contributed by atoms with Crippen LogP contribution < -0.4 is 0 Å². The molecule has 58 valence electrons. The fourth-order valence-electron chi connectivity index (χ4n) is 1.10. The van der Waals surface area contributed by atoms with Crippen molar-refractivity contribution in [1.82, 2.24) is 35.2 Å². The van der Waals surface area contributed by atoms with Gasteiger partial charge in [-0.25, -0.2) is 4.98 Å². The highest BCUT2D eigenvalue weighted by molar-refractivity contribution is 5.85. The van der Waals surface area contributed by atoms with Gasteiger partial charge in [0.1, 0.15) is 5.52 Å². The summed E-state index contributed by atoms with van der Waals surface area (Å²) in [6.07, 6.45) is 3.22. The molecule has 7 heteroatoms. The fraction of sp³-hybridized carbons (Fsp3) is 0. The van der Waals surface area contributed by atoms with Crippen molar-refractivity contribution in [3.05, 3.63) is 12.5 Å². The van der Waals surface area contributed by atoms with Crippen molar-refractivity contribution in [3.63, 3.8) is 0 Å². The Hall–Kier alpha value is -2.05. The second-order valence-corrected chi connectivity index (χ2v) is 2.30. The number of tetrazole rings is 1. The van der Waals surface area contributed by atoms with Gasteiger partial charge in [0.25, 0.3) is 0 Å². The minimum absolute atomic E-state index is 0.564. The van der Waals surface area contributed by atoms with E-state index in [1.165, 1.54) is 4.63 Å². The lowest BCUT2D eigenvalue weighted by Gasteiger charge is -1.87. The Morgan fingerprint density at radius 2 is 2.42 bits per heavy atom. The van der Waals surface area contributed by atoms with Gasteiger partial charge in [0.05, 0.1) is 18.0 Å². The zero-order chi connectivity index (χ0) is 7.97. The maximum absolute atomic E-state index is 4.06. The molecule has 0 radical (unpaired) electrons. The number of hydrogen-bond acceptors (Lipinski definition) is 5. The molecule has 0 aliphatic heterocycles. The van der Waals surface area contributed by atoms with Crippen molar-refractivity contribution in [2.75, 3.05) is 0 Å². The Bertz CT molecular complexity index is 485. The summed E-state index contributed by atoms with van der Waals surface area (Å²) in [6.45, 7) is 0. The van der Waals surface area contributed by atoms with Gasteiger partial charge < -0.3 is 4.98 Å². The molecule has 0 aliphatic carbocycles. The third-order valence-corrected chi connectivity index (χ3v) is 1.63. The number of fused-ring (bicyclic) bond motifs is 3. The highest BCUT2D eigenvalue weighted by atomic mass is 15.6. The predicted molar refractivity (Wildman–Crippen MR) is 38.2 cm³/mol. The van der Waals surface area contributed by atoms with Crippen LogP contribution in [-0.2, 0) is 0 Å². The van der Waals surface area contributed by atoms with Gasteiger partial charge in [0.2, 0.25) is 5.65 Å². The van der Waals surface area contributed by atoms with Crippen molar-refractivity contribution in [1.29, 1.82) is 0 Å². The molecule has 0 spiro atoms. The molecule has 0 aromatic carbocycles. The van der Waals surface area contributed by atoms with Crippen LogP contribution >= 0.6 is 0 Å². The predicted octanol–water partition coefficient (Wildman–Crippen LogP) is -0.604. The summed E-state index contributed by atoms with van der Waals surface area (Å²) in [5.74, 6) is 0. The highest BCUT2D eigenvalue weighted by Gasteiger charge is 2.05. The Morgan fingerprint density at radius 1 is 1.42 bits per heavy atom. The number of H-pyrrole nitrogens is 1. The van der Waals surface area contributed by atoms with Gasteiger partial charge in [-0.2, -0.15) is 5.10 Å². The Balaban J connectivity index is 2.71. The topological polar surface area (TPSA) is 84.7 Å². The largest absolute Gasteiger partial charge is 0.343 e. The Labute approximate surface area is 65.4 Å². The van der Waals surface area contributed by atoms with Crippen LogP contribution in [0.2, 0.25) is 0 Å². The molecule has 1 N–H and O–H groups in total. The maximum Gasteiger partial charge on any atom is 0.227 e. The summed E-state index contributed by atoms with van der Waals surface area (Å²) in [4.78, 5) is 6.98. The van der Waals surface area contributed by atoms with Crippen molar-refractivity contribution in [2.24, 2.45) is 0 Å². The number of imidazole rings is 1. The minimum Gasteiger partial charge on any atom is -0.343 e. The lowest BCUT2D eigenvalue weighted by atomic mass is 10.5. The fourth-order valence-corrected chi connectivity index (χ4v) is 1.10. The molecule has 3 heterocycles. The van der Waals surface area contributed by atoms with Crippen LogP contribution in [0, 0.1) is 0 Å². The molecular weight excluding hydrogens is 158 g/mol. The average molecular weight is 161 g/mol. The smallest absolute Gasteiger partial charge is 0.227 e. The van der Waals surface area contributed by atoms with E-state index in [4.69, 9.17) is 0 Å². The molecule has 0 fully saturated rings. The maximum atomic E-state index is 4.06. The summed E-state index contributed by atoms with van der Waals surface area (Å²) in [7, 11) is 0. The third kappa shape index (κ3) is 0.529. The second-order valence-electron chi connectivity index (χ2n) is 2.30. The van der Waals surface area contributed by atoms with Crippen LogP contribution in [0.3, 0.4) is 0 Å². The van der Waals surface area contributed by atoms with Gasteiger partial charge in [-0.15, -0.1) is 9.73 Å². The molecule has 0 saturated heterocycles. The Kier molecular flexibility index (Phi) is 0.817. The van der Waals surface area contributed by atoms with E-state index in [0.717, 1.165) is 11.0 Å². The average Bonchev–Trinajstić information content (AvgIpc) is 2.71. The number of hydrogen-bond donors (Lipinski definition) is 1. The molecule has 7 nitrogen and oxygen atoms in total. The molecule has 0 aliphatic rings. The van der Waals surface area contributed by atoms with E-state index in [0.29, 0.717) is 5.65 Å². The standard InChI is InChI=1S/C5H3N7/c1-3-4(7-2-6-3)5-9-10-11-12(5)8-1/h1-2H,(H,6,7). The quantitative estimate of drug-likeness (QED) is 0.475. The van der Waals surface area contributed by atoms with Crippen LogP contribution in [0.15, 0.2) is 12.5 Å². The number of aromatic nitrogens is 7. The first kappa shape index (κ1) is 5.58.